The lowest BCUT2D eigenvalue weighted by atomic mass is 10.1. The number of anilines is 1. The van der Waals surface area contributed by atoms with Crippen molar-refractivity contribution in [3.05, 3.63) is 63.2 Å². The van der Waals surface area contributed by atoms with E-state index in [9.17, 15) is 19.8 Å². The average Bonchev–Trinajstić information content (AvgIpc) is 2.72. The molecule has 0 saturated carbocycles. The highest BCUT2D eigenvalue weighted by Gasteiger charge is 2.31. The highest BCUT2D eigenvalue weighted by molar-refractivity contribution is 5.95. The van der Waals surface area contributed by atoms with Gasteiger partial charge in [0.1, 0.15) is 17.0 Å². The minimum absolute atomic E-state index is 0.0942. The van der Waals surface area contributed by atoms with E-state index >= 15 is 13.2 Å². The van der Waals surface area contributed by atoms with Gasteiger partial charge in [-0.3, -0.25) is 4.79 Å². The van der Waals surface area contributed by atoms with E-state index in [4.69, 9.17) is 0 Å². The fourth-order valence-corrected chi connectivity index (χ4v) is 4.12. The first-order valence-electron chi connectivity index (χ1n) is 9.89. The quantitative estimate of drug-likeness (QED) is 0.535. The van der Waals surface area contributed by atoms with Gasteiger partial charge in [-0.05, 0) is 37.6 Å². The second-order valence-electron chi connectivity index (χ2n) is 7.83. The van der Waals surface area contributed by atoms with Crippen LogP contribution in [0, 0.1) is 24.4 Å². The summed E-state index contributed by atoms with van der Waals surface area (Å²) in [5.41, 5.74) is -2.76. The molecule has 3 N–H and O–H groups in total. The predicted molar refractivity (Wildman–Crippen MR) is 112 cm³/mol. The van der Waals surface area contributed by atoms with Gasteiger partial charge in [0.05, 0.1) is 10.9 Å². The van der Waals surface area contributed by atoms with Crippen LogP contribution in [0.5, 0.6) is 5.75 Å². The molecule has 3 aromatic rings. The highest BCUT2D eigenvalue weighted by Crippen LogP contribution is 2.35. The molecule has 1 fully saturated rings. The van der Waals surface area contributed by atoms with Crippen molar-refractivity contribution in [2.75, 3.05) is 24.5 Å². The molecule has 32 heavy (non-hydrogen) atoms. The van der Waals surface area contributed by atoms with E-state index in [1.165, 1.54) is 23.1 Å². The zero-order valence-electron chi connectivity index (χ0n) is 17.2. The van der Waals surface area contributed by atoms with E-state index in [-0.39, 0.29) is 30.6 Å². The van der Waals surface area contributed by atoms with E-state index in [0.717, 1.165) is 10.8 Å². The Morgan fingerprint density at radius 1 is 1.19 bits per heavy atom. The number of piperazine rings is 1. The van der Waals surface area contributed by atoms with Gasteiger partial charge in [0, 0.05) is 37.6 Å². The van der Waals surface area contributed by atoms with Gasteiger partial charge in [-0.1, -0.05) is 0 Å². The molecule has 1 aliphatic heterocycles. The van der Waals surface area contributed by atoms with Crippen molar-refractivity contribution >= 4 is 22.6 Å². The average molecular weight is 447 g/mol. The van der Waals surface area contributed by atoms with Crippen molar-refractivity contribution in [2.24, 2.45) is 0 Å². The molecule has 1 saturated heterocycles. The van der Waals surface area contributed by atoms with Gasteiger partial charge in [-0.2, -0.15) is 0 Å². The molecule has 0 spiro atoms. The smallest absolute Gasteiger partial charge is 0.341 e. The van der Waals surface area contributed by atoms with Gasteiger partial charge < -0.3 is 25.0 Å². The number of nitrogens with one attached hydrogen (secondary N) is 1. The first-order chi connectivity index (χ1) is 15.1. The number of fused-ring (bicyclic) bond motifs is 1. The third-order valence-electron chi connectivity index (χ3n) is 5.60. The van der Waals surface area contributed by atoms with E-state index in [1.807, 2.05) is 6.92 Å². The van der Waals surface area contributed by atoms with Crippen LogP contribution in [0.1, 0.15) is 22.8 Å². The van der Waals surface area contributed by atoms with Crippen molar-refractivity contribution in [3.8, 4) is 11.4 Å². The number of benzene rings is 2. The molecule has 1 aromatic heterocycles. The Bertz CT molecular complexity index is 1320. The van der Waals surface area contributed by atoms with Crippen molar-refractivity contribution in [1.82, 2.24) is 9.88 Å². The van der Waals surface area contributed by atoms with Gasteiger partial charge in [-0.15, -0.1) is 0 Å². The first kappa shape index (κ1) is 21.7. The standard InChI is InChI=1S/C22H20F3N3O4/c1-10-7-12(29)3-4-14(10)28-9-13(22(31)32)21(30)15-16(23)17(24)20(18(25)19(15)28)27-6-5-26-11(2)8-27/h3-4,7,9,11,26,29H,5-6,8H2,1-2H3,(H,31,32). The monoisotopic (exact) mass is 447 g/mol. The fourth-order valence-electron chi connectivity index (χ4n) is 4.12. The highest BCUT2D eigenvalue weighted by atomic mass is 19.2. The predicted octanol–water partition coefficient (Wildman–Crippen LogP) is 2.92. The molecule has 4 rings (SSSR count). The zero-order chi connectivity index (χ0) is 23.3. The summed E-state index contributed by atoms with van der Waals surface area (Å²) in [6.45, 7) is 4.21. The van der Waals surface area contributed by atoms with Crippen molar-refractivity contribution in [1.29, 1.82) is 0 Å². The topological polar surface area (TPSA) is 94.8 Å². The summed E-state index contributed by atoms with van der Waals surface area (Å²) in [5.74, 6) is -6.08. The van der Waals surface area contributed by atoms with Crippen LogP contribution in [0.25, 0.3) is 16.6 Å². The van der Waals surface area contributed by atoms with Crippen LogP contribution in [0.2, 0.25) is 0 Å². The lowest BCUT2D eigenvalue weighted by Gasteiger charge is -2.34. The molecule has 10 heteroatoms. The van der Waals surface area contributed by atoms with E-state index < -0.39 is 51.0 Å². The SMILES string of the molecule is Cc1cc(O)ccc1-n1cc(C(=O)O)c(=O)c2c(F)c(F)c(N3CCNC(C)C3)c(F)c21. The number of carboxylic acid groups (broad SMARTS) is 1. The number of hydrogen-bond donors (Lipinski definition) is 3. The van der Waals surface area contributed by atoms with Crippen LogP contribution in [0.4, 0.5) is 18.9 Å². The number of nitrogens with zero attached hydrogens (tertiary/aromatic N) is 2. The maximum Gasteiger partial charge on any atom is 0.341 e. The number of hydrogen-bond acceptors (Lipinski definition) is 5. The summed E-state index contributed by atoms with van der Waals surface area (Å²) in [6, 6.07) is 3.88. The van der Waals surface area contributed by atoms with Gasteiger partial charge in [0.15, 0.2) is 17.5 Å². The Kier molecular flexibility index (Phi) is 5.33. The summed E-state index contributed by atoms with van der Waals surface area (Å²) in [7, 11) is 0. The molecule has 7 nitrogen and oxygen atoms in total. The van der Waals surface area contributed by atoms with Crippen LogP contribution in [-0.2, 0) is 0 Å². The zero-order valence-corrected chi connectivity index (χ0v) is 17.2. The van der Waals surface area contributed by atoms with Crippen LogP contribution < -0.4 is 15.6 Å². The molecular weight excluding hydrogens is 427 g/mol. The lowest BCUT2D eigenvalue weighted by Crippen LogP contribution is -2.50. The van der Waals surface area contributed by atoms with Gasteiger partial charge in [-0.25, -0.2) is 18.0 Å². The number of rotatable bonds is 3. The third-order valence-corrected chi connectivity index (χ3v) is 5.60. The molecule has 2 heterocycles. The Labute approximate surface area is 180 Å². The molecule has 1 atom stereocenters. The number of pyridine rings is 1. The number of aromatic nitrogens is 1. The third kappa shape index (κ3) is 3.36. The number of aryl methyl sites for hydroxylation is 1. The molecular formula is C22H20F3N3O4. The summed E-state index contributed by atoms with van der Waals surface area (Å²) in [5, 5.41) is 21.3. The van der Waals surface area contributed by atoms with Gasteiger partial charge in [0.2, 0.25) is 5.43 Å². The number of carboxylic acids is 1. The fraction of sp³-hybridized carbons (Fsp3) is 0.273. The molecule has 2 aromatic carbocycles. The Morgan fingerprint density at radius 2 is 1.91 bits per heavy atom. The van der Waals surface area contributed by atoms with Gasteiger partial charge in [0.25, 0.3) is 0 Å². The number of phenols is 1. The molecule has 1 unspecified atom stereocenters. The Morgan fingerprint density at radius 3 is 2.53 bits per heavy atom. The molecule has 168 valence electrons. The Hall–Kier alpha value is -3.53. The minimum Gasteiger partial charge on any atom is -0.508 e. The maximum atomic E-state index is 15.9. The number of carbonyl (C=O) groups is 1. The molecule has 0 amide bonds. The van der Waals surface area contributed by atoms with E-state index in [1.54, 1.807) is 6.92 Å². The number of aromatic hydroxyl groups is 1. The Balaban J connectivity index is 2.16. The van der Waals surface area contributed by atoms with E-state index in [0.29, 0.717) is 12.1 Å². The summed E-state index contributed by atoms with van der Waals surface area (Å²) in [4.78, 5) is 25.7. The molecule has 0 bridgehead atoms. The van der Waals surface area contributed by atoms with Gasteiger partial charge >= 0.3 is 5.97 Å². The van der Waals surface area contributed by atoms with Crippen LogP contribution in [0.3, 0.4) is 0 Å². The molecule has 0 radical (unpaired) electrons. The maximum absolute atomic E-state index is 15.9. The van der Waals surface area contributed by atoms with Crippen LogP contribution >= 0.6 is 0 Å². The van der Waals surface area contributed by atoms with Crippen LogP contribution in [0.15, 0.2) is 29.2 Å². The summed E-state index contributed by atoms with van der Waals surface area (Å²) >= 11 is 0. The van der Waals surface area contributed by atoms with Crippen LogP contribution in [-0.4, -0.2) is 46.4 Å². The van der Waals surface area contributed by atoms with Crippen molar-refractivity contribution < 1.29 is 28.2 Å². The second kappa shape index (κ2) is 7.86. The summed E-state index contributed by atoms with van der Waals surface area (Å²) < 4.78 is 47.2. The lowest BCUT2D eigenvalue weighted by molar-refractivity contribution is 0.0695. The number of phenolic OH excluding ortho intramolecular Hbond substituents is 1. The number of halogens is 3. The largest absolute Gasteiger partial charge is 0.508 e. The summed E-state index contributed by atoms with van der Waals surface area (Å²) in [6.07, 6.45) is 0.886. The van der Waals surface area contributed by atoms with E-state index in [2.05, 4.69) is 5.32 Å². The van der Waals surface area contributed by atoms with Crippen molar-refractivity contribution in [2.45, 2.75) is 19.9 Å². The second-order valence-corrected chi connectivity index (χ2v) is 7.83. The normalized spacial score (nSPS) is 16.5. The first-order valence-corrected chi connectivity index (χ1v) is 9.89. The minimum atomic E-state index is -1.66. The molecule has 0 aliphatic carbocycles. The number of aromatic carboxylic acids is 1. The van der Waals surface area contributed by atoms with Crippen molar-refractivity contribution in [3.63, 3.8) is 0 Å². The molecule has 1 aliphatic rings.